The number of carboxylic acids is 1. The van der Waals surface area contributed by atoms with E-state index >= 15 is 0 Å². The van der Waals surface area contributed by atoms with Crippen LogP contribution in [0.4, 0.5) is 4.79 Å². The molecule has 17 heavy (non-hydrogen) atoms. The van der Waals surface area contributed by atoms with Crippen molar-refractivity contribution in [3.8, 4) is 0 Å². The molecule has 98 valence electrons. The van der Waals surface area contributed by atoms with E-state index in [4.69, 9.17) is 10.8 Å². The number of hydrogen-bond acceptors (Lipinski definition) is 4. The van der Waals surface area contributed by atoms with E-state index in [1.165, 1.54) is 0 Å². The number of rotatable bonds is 6. The van der Waals surface area contributed by atoms with Crippen LogP contribution in [0, 0.1) is 5.92 Å². The Kier molecular flexibility index (Phi) is 6.01. The van der Waals surface area contributed by atoms with Crippen molar-refractivity contribution in [1.29, 1.82) is 0 Å². The number of carboxylic acid groups (broad SMARTS) is 1. The van der Waals surface area contributed by atoms with E-state index < -0.39 is 30.6 Å². The van der Waals surface area contributed by atoms with E-state index in [0.29, 0.717) is 0 Å². The van der Waals surface area contributed by atoms with Crippen molar-refractivity contribution < 1.29 is 24.2 Å². The predicted octanol–water partition coefficient (Wildman–Crippen LogP) is 0.0394. The van der Waals surface area contributed by atoms with Crippen LogP contribution in [0.2, 0.25) is 0 Å². The first-order valence-corrected chi connectivity index (χ1v) is 5.25. The fourth-order valence-corrected chi connectivity index (χ4v) is 1.44. The Morgan fingerprint density at radius 1 is 1.35 bits per heavy atom. The Labute approximate surface area is 99.5 Å². The van der Waals surface area contributed by atoms with Crippen LogP contribution in [-0.4, -0.2) is 47.2 Å². The number of amides is 2. The molecule has 0 fully saturated rings. The van der Waals surface area contributed by atoms with E-state index in [1.54, 1.807) is 20.8 Å². The van der Waals surface area contributed by atoms with Gasteiger partial charge in [-0.05, 0) is 12.8 Å². The summed E-state index contributed by atoms with van der Waals surface area (Å²) in [4.78, 5) is 34.2. The highest BCUT2D eigenvalue weighted by Gasteiger charge is 2.32. The van der Waals surface area contributed by atoms with Gasteiger partial charge in [0.1, 0.15) is 12.6 Å². The van der Waals surface area contributed by atoms with Crippen LogP contribution in [-0.2, 0) is 14.3 Å². The van der Waals surface area contributed by atoms with Gasteiger partial charge in [0.05, 0.1) is 6.61 Å². The van der Waals surface area contributed by atoms with Gasteiger partial charge in [0.25, 0.3) is 0 Å². The number of urea groups is 1. The van der Waals surface area contributed by atoms with Crippen LogP contribution < -0.4 is 5.73 Å². The highest BCUT2D eigenvalue weighted by molar-refractivity contribution is 5.85. The summed E-state index contributed by atoms with van der Waals surface area (Å²) in [7, 11) is 0. The molecular formula is C10H18N2O5. The molecule has 0 aliphatic heterocycles. The van der Waals surface area contributed by atoms with Crippen molar-refractivity contribution in [2.24, 2.45) is 11.7 Å². The lowest BCUT2D eigenvalue weighted by molar-refractivity contribution is -0.148. The monoisotopic (exact) mass is 246 g/mol. The Balaban J connectivity index is 4.88. The largest absolute Gasteiger partial charge is 0.480 e. The van der Waals surface area contributed by atoms with Crippen LogP contribution in [0.3, 0.4) is 0 Å². The second-order valence-electron chi connectivity index (χ2n) is 3.80. The molecule has 7 nitrogen and oxygen atoms in total. The maximum atomic E-state index is 11.2. The first-order chi connectivity index (χ1) is 7.81. The summed E-state index contributed by atoms with van der Waals surface area (Å²) in [5, 5.41) is 9.00. The summed E-state index contributed by atoms with van der Waals surface area (Å²) in [5.41, 5.74) is 5.07. The van der Waals surface area contributed by atoms with E-state index in [2.05, 4.69) is 4.74 Å². The maximum absolute atomic E-state index is 11.2. The molecule has 0 rings (SSSR count). The smallest absolute Gasteiger partial charge is 0.326 e. The Hall–Kier alpha value is -1.79. The lowest BCUT2D eigenvalue weighted by atomic mass is 10.0. The van der Waals surface area contributed by atoms with Gasteiger partial charge in [-0.1, -0.05) is 13.8 Å². The van der Waals surface area contributed by atoms with Gasteiger partial charge in [-0.25, -0.2) is 9.59 Å². The van der Waals surface area contributed by atoms with Crippen LogP contribution in [0.5, 0.6) is 0 Å². The molecule has 0 heterocycles. The number of primary amides is 1. The van der Waals surface area contributed by atoms with Gasteiger partial charge >= 0.3 is 18.0 Å². The summed E-state index contributed by atoms with van der Waals surface area (Å²) < 4.78 is 4.65. The minimum atomic E-state index is -1.21. The van der Waals surface area contributed by atoms with E-state index in [-0.39, 0.29) is 12.5 Å². The number of carbonyl (C=O) groups excluding carboxylic acids is 2. The number of hydrogen-bond donors (Lipinski definition) is 2. The molecule has 0 aromatic heterocycles. The van der Waals surface area contributed by atoms with Gasteiger partial charge in [-0.15, -0.1) is 0 Å². The first kappa shape index (κ1) is 15.2. The van der Waals surface area contributed by atoms with Gasteiger partial charge < -0.3 is 15.6 Å². The van der Waals surface area contributed by atoms with Crippen molar-refractivity contribution in [3.05, 3.63) is 0 Å². The third kappa shape index (κ3) is 4.71. The van der Waals surface area contributed by atoms with Gasteiger partial charge in [0.2, 0.25) is 0 Å². The number of aliphatic carboxylic acids is 1. The van der Waals surface area contributed by atoms with Crippen molar-refractivity contribution in [2.45, 2.75) is 26.8 Å². The number of carbonyl (C=O) groups is 3. The molecular weight excluding hydrogens is 228 g/mol. The molecule has 1 atom stereocenters. The molecule has 0 aliphatic rings. The summed E-state index contributed by atoms with van der Waals surface area (Å²) in [6.07, 6.45) is 0. The molecule has 0 aromatic rings. The second kappa shape index (κ2) is 6.72. The average Bonchev–Trinajstić information content (AvgIpc) is 2.15. The maximum Gasteiger partial charge on any atom is 0.326 e. The van der Waals surface area contributed by atoms with E-state index in [1.807, 2.05) is 0 Å². The predicted molar refractivity (Wildman–Crippen MR) is 59.2 cm³/mol. The van der Waals surface area contributed by atoms with Crippen LogP contribution in [0.15, 0.2) is 0 Å². The topological polar surface area (TPSA) is 110 Å². The number of ether oxygens (including phenoxy) is 1. The minimum absolute atomic E-state index is 0.158. The van der Waals surface area contributed by atoms with Crippen molar-refractivity contribution in [3.63, 3.8) is 0 Å². The van der Waals surface area contributed by atoms with Gasteiger partial charge in [0, 0.05) is 0 Å². The van der Waals surface area contributed by atoms with Crippen LogP contribution in [0.1, 0.15) is 20.8 Å². The lowest BCUT2D eigenvalue weighted by Gasteiger charge is -2.28. The molecule has 0 spiro atoms. The fourth-order valence-electron chi connectivity index (χ4n) is 1.44. The zero-order valence-corrected chi connectivity index (χ0v) is 10.2. The number of nitrogens with zero attached hydrogens (tertiary/aromatic N) is 1. The lowest BCUT2D eigenvalue weighted by Crippen LogP contribution is -2.52. The molecule has 0 unspecified atom stereocenters. The third-order valence-electron chi connectivity index (χ3n) is 2.11. The van der Waals surface area contributed by atoms with Crippen LogP contribution >= 0.6 is 0 Å². The van der Waals surface area contributed by atoms with Crippen molar-refractivity contribution in [2.75, 3.05) is 13.2 Å². The third-order valence-corrected chi connectivity index (χ3v) is 2.11. The molecule has 0 aromatic carbocycles. The molecule has 2 amide bonds. The van der Waals surface area contributed by atoms with Crippen molar-refractivity contribution in [1.82, 2.24) is 4.90 Å². The zero-order valence-electron chi connectivity index (χ0n) is 10.2. The molecule has 0 saturated carbocycles. The second-order valence-corrected chi connectivity index (χ2v) is 3.80. The molecule has 3 N–H and O–H groups in total. The Morgan fingerprint density at radius 2 is 1.88 bits per heavy atom. The fraction of sp³-hybridized carbons (Fsp3) is 0.700. The molecule has 0 radical (unpaired) electrons. The standard InChI is InChI=1S/C10H18N2O5/c1-4-17-7(13)5-12(10(11)16)8(6(2)3)9(14)15/h6,8H,4-5H2,1-3H3,(H2,11,16)(H,14,15)/t8-/m0/s1. The molecule has 0 bridgehead atoms. The summed E-state index contributed by atoms with van der Waals surface area (Å²) in [5.74, 6) is -2.25. The van der Waals surface area contributed by atoms with Crippen LogP contribution in [0.25, 0.3) is 0 Å². The summed E-state index contributed by atoms with van der Waals surface area (Å²) in [6.45, 7) is 4.56. The quantitative estimate of drug-likeness (QED) is 0.643. The SMILES string of the molecule is CCOC(=O)CN(C(N)=O)[C@H](C(=O)O)C(C)C. The Bertz CT molecular complexity index is 303. The van der Waals surface area contributed by atoms with E-state index in [0.717, 1.165) is 4.90 Å². The highest BCUT2D eigenvalue weighted by Crippen LogP contribution is 2.11. The summed E-state index contributed by atoms with van der Waals surface area (Å²) in [6, 6.07) is -2.10. The normalized spacial score (nSPS) is 12.0. The Morgan fingerprint density at radius 3 is 2.18 bits per heavy atom. The highest BCUT2D eigenvalue weighted by atomic mass is 16.5. The molecule has 0 saturated heterocycles. The average molecular weight is 246 g/mol. The van der Waals surface area contributed by atoms with Crippen molar-refractivity contribution >= 4 is 18.0 Å². The number of esters is 1. The number of nitrogens with two attached hydrogens (primary N) is 1. The first-order valence-electron chi connectivity index (χ1n) is 5.25. The van der Waals surface area contributed by atoms with Gasteiger partial charge in [0.15, 0.2) is 0 Å². The zero-order chi connectivity index (χ0) is 13.6. The minimum Gasteiger partial charge on any atom is -0.480 e. The van der Waals surface area contributed by atoms with Gasteiger partial charge in [-0.3, -0.25) is 9.69 Å². The van der Waals surface area contributed by atoms with Gasteiger partial charge in [-0.2, -0.15) is 0 Å². The summed E-state index contributed by atoms with van der Waals surface area (Å²) >= 11 is 0. The molecule has 7 heteroatoms. The van der Waals surface area contributed by atoms with E-state index in [9.17, 15) is 14.4 Å². The molecule has 0 aliphatic carbocycles.